The van der Waals surface area contributed by atoms with E-state index in [0.717, 1.165) is 6.07 Å². The average Bonchev–Trinajstić information content (AvgIpc) is 3.16. The van der Waals surface area contributed by atoms with Gasteiger partial charge in [-0.25, -0.2) is 9.37 Å². The molecule has 0 aliphatic carbocycles. The van der Waals surface area contributed by atoms with Crippen molar-refractivity contribution in [2.75, 3.05) is 5.32 Å². The van der Waals surface area contributed by atoms with E-state index in [-0.39, 0.29) is 11.3 Å². The molecule has 0 saturated heterocycles. The minimum atomic E-state index is -4.91. The summed E-state index contributed by atoms with van der Waals surface area (Å²) in [4.78, 5) is 28.0. The number of nitrogens with two attached hydrogens (primary N) is 1. The average molecular weight is 442 g/mol. The normalized spacial score (nSPS) is 11.5. The zero-order valence-corrected chi connectivity index (χ0v) is 16.2. The van der Waals surface area contributed by atoms with Crippen molar-refractivity contribution in [1.29, 1.82) is 0 Å². The number of hydrogen-bond donors (Lipinski definition) is 2. The molecule has 0 fully saturated rings. The van der Waals surface area contributed by atoms with Crippen LogP contribution in [0.3, 0.4) is 0 Å². The first kappa shape index (κ1) is 21.0. The zero-order chi connectivity index (χ0) is 23.0. The number of carbonyl (C=O) groups excluding carboxylic acids is 2. The van der Waals surface area contributed by atoms with Crippen LogP contribution in [0.15, 0.2) is 66.9 Å². The molecule has 0 spiro atoms. The standard InChI is InChI=1S/C22H14F4N4O2/c23-16-6-4-13(11-15(16)22(24,25)26)21(32)28-14-5-7-18-12(10-14)8-9-30(18)19-3-1-2-17(29-19)20(27)31/h1-11H,(H2,27,31)(H,28,32). The van der Waals surface area contributed by atoms with Crippen LogP contribution in [-0.4, -0.2) is 21.4 Å². The molecule has 6 nitrogen and oxygen atoms in total. The Morgan fingerprint density at radius 1 is 1.00 bits per heavy atom. The highest BCUT2D eigenvalue weighted by atomic mass is 19.4. The number of anilines is 1. The van der Waals surface area contributed by atoms with Gasteiger partial charge in [-0.3, -0.25) is 9.59 Å². The Bertz CT molecular complexity index is 1360. The van der Waals surface area contributed by atoms with Gasteiger partial charge in [-0.2, -0.15) is 13.2 Å². The summed E-state index contributed by atoms with van der Waals surface area (Å²) in [5.74, 6) is -2.47. The molecule has 0 unspecified atom stereocenters. The predicted octanol–water partition coefficient (Wildman–Crippen LogP) is 4.53. The summed E-state index contributed by atoms with van der Waals surface area (Å²) in [5, 5.41) is 3.21. The van der Waals surface area contributed by atoms with Crippen LogP contribution in [0.1, 0.15) is 26.4 Å². The SMILES string of the molecule is NC(=O)c1cccc(-n2ccc3cc(NC(=O)c4ccc(F)c(C(F)(F)F)c4)ccc32)n1. The molecule has 4 aromatic rings. The number of benzene rings is 2. The van der Waals surface area contributed by atoms with Crippen molar-refractivity contribution in [3.63, 3.8) is 0 Å². The lowest BCUT2D eigenvalue weighted by atomic mass is 10.1. The molecule has 2 heterocycles. The summed E-state index contributed by atoms with van der Waals surface area (Å²) in [6, 6.07) is 13.5. The molecule has 3 N–H and O–H groups in total. The number of aromatic nitrogens is 2. The van der Waals surface area contributed by atoms with E-state index in [1.165, 1.54) is 6.07 Å². The highest BCUT2D eigenvalue weighted by Gasteiger charge is 2.34. The Balaban J connectivity index is 1.62. The van der Waals surface area contributed by atoms with Gasteiger partial charge in [-0.05, 0) is 54.6 Å². The van der Waals surface area contributed by atoms with E-state index in [9.17, 15) is 27.2 Å². The molecule has 2 aromatic carbocycles. The van der Waals surface area contributed by atoms with E-state index in [4.69, 9.17) is 5.73 Å². The van der Waals surface area contributed by atoms with Crippen molar-refractivity contribution in [2.24, 2.45) is 5.73 Å². The number of amides is 2. The number of halogens is 4. The first-order chi connectivity index (χ1) is 15.1. The predicted molar refractivity (Wildman–Crippen MR) is 109 cm³/mol. The maximum absolute atomic E-state index is 13.5. The van der Waals surface area contributed by atoms with Crippen molar-refractivity contribution in [3.8, 4) is 5.82 Å². The van der Waals surface area contributed by atoms with Crippen LogP contribution in [0.5, 0.6) is 0 Å². The Morgan fingerprint density at radius 3 is 2.50 bits per heavy atom. The van der Waals surface area contributed by atoms with Crippen molar-refractivity contribution < 1.29 is 27.2 Å². The van der Waals surface area contributed by atoms with Crippen LogP contribution in [0.2, 0.25) is 0 Å². The molecule has 32 heavy (non-hydrogen) atoms. The molecule has 2 aromatic heterocycles. The monoisotopic (exact) mass is 442 g/mol. The summed E-state index contributed by atoms with van der Waals surface area (Å²) in [5.41, 5.74) is 4.57. The van der Waals surface area contributed by atoms with Gasteiger partial charge in [-0.1, -0.05) is 6.07 Å². The maximum atomic E-state index is 13.5. The molecule has 0 aliphatic rings. The van der Waals surface area contributed by atoms with Crippen molar-refractivity contribution in [3.05, 3.63) is 89.5 Å². The Labute approximate surface area is 178 Å². The van der Waals surface area contributed by atoms with Crippen molar-refractivity contribution in [2.45, 2.75) is 6.18 Å². The van der Waals surface area contributed by atoms with E-state index in [1.54, 1.807) is 47.2 Å². The number of carbonyl (C=O) groups is 2. The van der Waals surface area contributed by atoms with Gasteiger partial charge in [-0.15, -0.1) is 0 Å². The molecule has 2 amide bonds. The fourth-order valence-electron chi connectivity index (χ4n) is 3.20. The number of rotatable bonds is 4. The fraction of sp³-hybridized carbons (Fsp3) is 0.0455. The second kappa shape index (κ2) is 7.80. The van der Waals surface area contributed by atoms with E-state index < -0.39 is 29.4 Å². The quantitative estimate of drug-likeness (QED) is 0.455. The van der Waals surface area contributed by atoms with Gasteiger partial charge in [0.1, 0.15) is 17.3 Å². The van der Waals surface area contributed by atoms with Gasteiger partial charge in [0.15, 0.2) is 0 Å². The first-order valence-electron chi connectivity index (χ1n) is 9.20. The fourth-order valence-corrected chi connectivity index (χ4v) is 3.20. The molecule has 0 atom stereocenters. The van der Waals surface area contributed by atoms with E-state index in [1.807, 2.05) is 0 Å². The third kappa shape index (κ3) is 4.02. The van der Waals surface area contributed by atoms with Crippen molar-refractivity contribution in [1.82, 2.24) is 9.55 Å². The van der Waals surface area contributed by atoms with Gasteiger partial charge >= 0.3 is 6.18 Å². The van der Waals surface area contributed by atoms with Gasteiger partial charge in [0, 0.05) is 22.8 Å². The number of nitrogens with zero attached hydrogens (tertiary/aromatic N) is 2. The number of hydrogen-bond acceptors (Lipinski definition) is 3. The smallest absolute Gasteiger partial charge is 0.364 e. The Morgan fingerprint density at radius 2 is 1.78 bits per heavy atom. The Hall–Kier alpha value is -4.21. The zero-order valence-electron chi connectivity index (χ0n) is 16.2. The third-order valence-corrected chi connectivity index (χ3v) is 4.72. The molecule has 0 aliphatic heterocycles. The Kier molecular flexibility index (Phi) is 5.13. The summed E-state index contributed by atoms with van der Waals surface area (Å²) >= 11 is 0. The number of nitrogens with one attached hydrogen (secondary N) is 1. The molecule has 0 radical (unpaired) electrons. The minimum absolute atomic E-state index is 0.103. The van der Waals surface area contributed by atoms with E-state index in [0.29, 0.717) is 34.5 Å². The minimum Gasteiger partial charge on any atom is -0.364 e. The van der Waals surface area contributed by atoms with Crippen LogP contribution in [0, 0.1) is 5.82 Å². The second-order valence-corrected chi connectivity index (χ2v) is 6.85. The van der Waals surface area contributed by atoms with E-state index >= 15 is 0 Å². The number of primary amides is 1. The van der Waals surface area contributed by atoms with Crippen molar-refractivity contribution >= 4 is 28.4 Å². The number of fused-ring (bicyclic) bond motifs is 1. The van der Waals surface area contributed by atoms with Crippen LogP contribution in [0.25, 0.3) is 16.7 Å². The summed E-state index contributed by atoms with van der Waals surface area (Å²) in [7, 11) is 0. The van der Waals surface area contributed by atoms with Crippen LogP contribution in [0.4, 0.5) is 23.2 Å². The number of pyridine rings is 1. The largest absolute Gasteiger partial charge is 0.419 e. The van der Waals surface area contributed by atoms with Crippen LogP contribution < -0.4 is 11.1 Å². The molecule has 0 bridgehead atoms. The van der Waals surface area contributed by atoms with E-state index in [2.05, 4.69) is 10.3 Å². The molecule has 0 saturated carbocycles. The summed E-state index contributed by atoms with van der Waals surface area (Å²) in [6.45, 7) is 0. The lowest BCUT2D eigenvalue weighted by molar-refractivity contribution is -0.140. The lowest BCUT2D eigenvalue weighted by Crippen LogP contribution is -2.15. The summed E-state index contributed by atoms with van der Waals surface area (Å²) < 4.78 is 53.9. The highest BCUT2D eigenvalue weighted by molar-refractivity contribution is 6.05. The number of alkyl halides is 3. The molecular formula is C22H14F4N4O2. The highest BCUT2D eigenvalue weighted by Crippen LogP contribution is 2.32. The molecular weight excluding hydrogens is 428 g/mol. The molecule has 10 heteroatoms. The summed E-state index contributed by atoms with van der Waals surface area (Å²) in [6.07, 6.45) is -3.21. The van der Waals surface area contributed by atoms with Gasteiger partial charge < -0.3 is 15.6 Å². The first-order valence-corrected chi connectivity index (χ1v) is 9.20. The van der Waals surface area contributed by atoms with Crippen LogP contribution in [-0.2, 0) is 6.18 Å². The van der Waals surface area contributed by atoms with Gasteiger partial charge in [0.2, 0.25) is 0 Å². The maximum Gasteiger partial charge on any atom is 0.419 e. The second-order valence-electron chi connectivity index (χ2n) is 6.85. The third-order valence-electron chi connectivity index (χ3n) is 4.72. The molecule has 162 valence electrons. The molecule has 4 rings (SSSR count). The topological polar surface area (TPSA) is 90.0 Å². The van der Waals surface area contributed by atoms with Gasteiger partial charge in [0.25, 0.3) is 11.8 Å². The van der Waals surface area contributed by atoms with Crippen LogP contribution >= 0.6 is 0 Å². The van der Waals surface area contributed by atoms with Gasteiger partial charge in [0.05, 0.1) is 11.1 Å². The lowest BCUT2D eigenvalue weighted by Gasteiger charge is -2.11.